The Balaban J connectivity index is 1.92. The highest BCUT2D eigenvalue weighted by Gasteiger charge is 2.31. The van der Waals surface area contributed by atoms with Gasteiger partial charge in [0.05, 0.1) is 17.7 Å². The van der Waals surface area contributed by atoms with Crippen molar-refractivity contribution in [2.75, 3.05) is 13.1 Å². The van der Waals surface area contributed by atoms with E-state index in [1.165, 1.54) is 5.56 Å². The van der Waals surface area contributed by atoms with Crippen molar-refractivity contribution in [2.24, 2.45) is 0 Å². The van der Waals surface area contributed by atoms with Crippen molar-refractivity contribution in [3.8, 4) is 0 Å². The molecule has 1 aliphatic heterocycles. The topological polar surface area (TPSA) is 45.5 Å². The number of hydrogen-bond donors (Lipinski definition) is 1. The number of β-amino-alcohol motifs (C(OH)–C–C–N with tert-alkyl or cyclic N) is 1. The van der Waals surface area contributed by atoms with Gasteiger partial charge in [-0.15, -0.1) is 0 Å². The van der Waals surface area contributed by atoms with Gasteiger partial charge in [-0.2, -0.15) is 0 Å². The minimum atomic E-state index is -0.365. The minimum Gasteiger partial charge on any atom is -0.389 e. The van der Waals surface area contributed by atoms with Crippen LogP contribution in [0.1, 0.15) is 40.3 Å². The van der Waals surface area contributed by atoms with Crippen molar-refractivity contribution in [3.05, 3.63) is 58.9 Å². The number of benzene rings is 1. The molecule has 0 radical (unpaired) electrons. The van der Waals surface area contributed by atoms with Crippen LogP contribution in [0.25, 0.3) is 0 Å². The van der Waals surface area contributed by atoms with Gasteiger partial charge in [-0.1, -0.05) is 30.3 Å². The van der Waals surface area contributed by atoms with E-state index >= 15 is 0 Å². The zero-order chi connectivity index (χ0) is 15.9. The minimum absolute atomic E-state index is 0.0184. The summed E-state index contributed by atoms with van der Waals surface area (Å²) in [7, 11) is 0. The Morgan fingerprint density at radius 1 is 1.23 bits per heavy atom. The number of nitrogens with zero attached hydrogens (tertiary/aromatic N) is 2. The van der Waals surface area contributed by atoms with Gasteiger partial charge in [0.2, 0.25) is 0 Å². The summed E-state index contributed by atoms with van der Waals surface area (Å²) in [5, 5.41) is 9.38. The number of hydrogen-bond acceptors (Lipinski definition) is 2. The van der Waals surface area contributed by atoms with E-state index in [-0.39, 0.29) is 18.1 Å². The van der Waals surface area contributed by atoms with Crippen LogP contribution in [0.15, 0.2) is 36.4 Å². The lowest BCUT2D eigenvalue weighted by molar-refractivity contribution is 0.00583. The summed E-state index contributed by atoms with van der Waals surface area (Å²) >= 11 is 0. The van der Waals surface area contributed by atoms with Gasteiger partial charge in [0.25, 0.3) is 5.91 Å². The van der Waals surface area contributed by atoms with Crippen LogP contribution in [-0.4, -0.2) is 39.7 Å². The molecule has 2 heterocycles. The Kier molecular flexibility index (Phi) is 3.79. The van der Waals surface area contributed by atoms with Crippen LogP contribution in [0, 0.1) is 13.8 Å². The fraction of sp³-hybridized carbons (Fsp3) is 0.389. The molecule has 4 nitrogen and oxygen atoms in total. The van der Waals surface area contributed by atoms with E-state index in [0.29, 0.717) is 13.1 Å². The van der Waals surface area contributed by atoms with E-state index < -0.39 is 0 Å². The maximum atomic E-state index is 12.5. The number of aromatic nitrogens is 1. The highest BCUT2D eigenvalue weighted by Crippen LogP contribution is 2.27. The smallest absolute Gasteiger partial charge is 0.255 e. The van der Waals surface area contributed by atoms with Gasteiger partial charge in [0.15, 0.2) is 0 Å². The fourth-order valence-electron chi connectivity index (χ4n) is 3.26. The van der Waals surface area contributed by atoms with Crippen LogP contribution in [-0.2, 0) is 0 Å². The molecule has 1 fully saturated rings. The quantitative estimate of drug-likeness (QED) is 0.946. The summed E-state index contributed by atoms with van der Waals surface area (Å²) in [6.45, 7) is 7.06. The molecule has 3 rings (SSSR count). The molecule has 1 N–H and O–H groups in total. The van der Waals surface area contributed by atoms with Crippen LogP contribution in [0.2, 0.25) is 0 Å². The van der Waals surface area contributed by atoms with Gasteiger partial charge in [-0.25, -0.2) is 0 Å². The molecule has 4 heteroatoms. The maximum absolute atomic E-state index is 12.5. The van der Waals surface area contributed by atoms with Gasteiger partial charge in [-0.3, -0.25) is 4.79 Å². The summed E-state index contributed by atoms with van der Waals surface area (Å²) in [6, 6.07) is 12.4. The standard InChI is InChI=1S/C18H22N2O2/c1-12-9-17(18(22)19-10-16(21)11-19)14(3)20(12)13(2)15-7-5-4-6-8-15/h4-9,13,16,21H,10-11H2,1-3H3. The number of aryl methyl sites for hydroxylation is 1. The zero-order valence-corrected chi connectivity index (χ0v) is 13.3. The predicted octanol–water partition coefficient (Wildman–Crippen LogP) is 2.53. The lowest BCUT2D eigenvalue weighted by atomic mass is 10.1. The van der Waals surface area contributed by atoms with E-state index in [2.05, 4.69) is 23.6 Å². The van der Waals surface area contributed by atoms with Crippen LogP contribution in [0.4, 0.5) is 0 Å². The summed E-state index contributed by atoms with van der Waals surface area (Å²) in [4.78, 5) is 14.2. The van der Waals surface area contributed by atoms with Crippen molar-refractivity contribution in [1.29, 1.82) is 0 Å². The predicted molar refractivity (Wildman–Crippen MR) is 86.1 cm³/mol. The highest BCUT2D eigenvalue weighted by molar-refractivity contribution is 5.96. The summed E-state index contributed by atoms with van der Waals surface area (Å²) in [5.74, 6) is 0.0184. The number of carbonyl (C=O) groups excluding carboxylic acids is 1. The van der Waals surface area contributed by atoms with Gasteiger partial charge in [0, 0.05) is 24.5 Å². The molecule has 2 aromatic rings. The maximum Gasteiger partial charge on any atom is 0.255 e. The molecule has 1 aromatic carbocycles. The Bertz CT molecular complexity index is 685. The normalized spacial score (nSPS) is 16.5. The van der Waals surface area contributed by atoms with Crippen molar-refractivity contribution < 1.29 is 9.90 Å². The molecule has 1 amide bonds. The molecular weight excluding hydrogens is 276 g/mol. The SMILES string of the molecule is Cc1cc(C(=O)N2CC(O)C2)c(C)n1C(C)c1ccccc1. The molecule has 22 heavy (non-hydrogen) atoms. The second kappa shape index (κ2) is 5.61. The third kappa shape index (κ3) is 2.44. The molecule has 1 aliphatic rings. The number of carbonyl (C=O) groups is 1. The second-order valence-corrected chi connectivity index (χ2v) is 6.11. The molecular formula is C18H22N2O2. The molecule has 0 aliphatic carbocycles. The lowest BCUT2D eigenvalue weighted by Crippen LogP contribution is -2.53. The van der Waals surface area contributed by atoms with E-state index in [0.717, 1.165) is 17.0 Å². The van der Waals surface area contributed by atoms with E-state index in [1.54, 1.807) is 4.90 Å². The first kappa shape index (κ1) is 14.9. The van der Waals surface area contributed by atoms with Crippen LogP contribution >= 0.6 is 0 Å². The molecule has 0 spiro atoms. The molecule has 0 saturated carbocycles. The number of rotatable bonds is 3. The van der Waals surface area contributed by atoms with Gasteiger partial charge < -0.3 is 14.6 Å². The third-order valence-electron chi connectivity index (χ3n) is 4.53. The second-order valence-electron chi connectivity index (χ2n) is 6.11. The molecule has 0 bridgehead atoms. The first-order chi connectivity index (χ1) is 10.5. The average molecular weight is 298 g/mol. The number of likely N-dealkylation sites (tertiary alicyclic amines) is 1. The average Bonchev–Trinajstić information content (AvgIpc) is 2.78. The molecule has 1 saturated heterocycles. The van der Waals surface area contributed by atoms with Gasteiger partial charge >= 0.3 is 0 Å². The van der Waals surface area contributed by atoms with Crippen molar-refractivity contribution in [1.82, 2.24) is 9.47 Å². The zero-order valence-electron chi connectivity index (χ0n) is 13.3. The van der Waals surface area contributed by atoms with Crippen LogP contribution in [0.5, 0.6) is 0 Å². The summed E-state index contributed by atoms with van der Waals surface area (Å²) in [6.07, 6.45) is -0.365. The first-order valence-electron chi connectivity index (χ1n) is 7.69. The number of aliphatic hydroxyl groups excluding tert-OH is 1. The highest BCUT2D eigenvalue weighted by atomic mass is 16.3. The van der Waals surface area contributed by atoms with Crippen molar-refractivity contribution in [2.45, 2.75) is 32.9 Å². The Hall–Kier alpha value is -2.07. The van der Waals surface area contributed by atoms with Crippen molar-refractivity contribution >= 4 is 5.91 Å². The first-order valence-corrected chi connectivity index (χ1v) is 7.69. The Morgan fingerprint density at radius 2 is 1.86 bits per heavy atom. The molecule has 1 aromatic heterocycles. The Morgan fingerprint density at radius 3 is 2.45 bits per heavy atom. The van der Waals surface area contributed by atoms with E-state index in [9.17, 15) is 9.90 Å². The Labute approximate surface area is 131 Å². The fourth-order valence-corrected chi connectivity index (χ4v) is 3.26. The van der Waals surface area contributed by atoms with E-state index in [4.69, 9.17) is 0 Å². The number of amides is 1. The largest absolute Gasteiger partial charge is 0.389 e. The summed E-state index contributed by atoms with van der Waals surface area (Å²) < 4.78 is 2.21. The molecule has 1 unspecified atom stereocenters. The van der Waals surface area contributed by atoms with Crippen molar-refractivity contribution in [3.63, 3.8) is 0 Å². The van der Waals surface area contributed by atoms with E-state index in [1.807, 2.05) is 38.1 Å². The molecule has 1 atom stereocenters. The van der Waals surface area contributed by atoms with Crippen LogP contribution < -0.4 is 0 Å². The van der Waals surface area contributed by atoms with Gasteiger partial charge in [-0.05, 0) is 32.4 Å². The van der Waals surface area contributed by atoms with Crippen LogP contribution in [0.3, 0.4) is 0 Å². The monoisotopic (exact) mass is 298 g/mol. The van der Waals surface area contributed by atoms with Gasteiger partial charge in [0.1, 0.15) is 0 Å². The number of aliphatic hydroxyl groups is 1. The lowest BCUT2D eigenvalue weighted by Gasteiger charge is -2.35. The summed E-state index contributed by atoms with van der Waals surface area (Å²) in [5.41, 5.74) is 4.04. The molecule has 116 valence electrons. The third-order valence-corrected chi connectivity index (χ3v) is 4.53.